The van der Waals surface area contributed by atoms with Gasteiger partial charge >= 0.3 is 6.03 Å². The lowest BCUT2D eigenvalue weighted by Gasteiger charge is -2.35. The molecule has 3 rings (SSSR count). The number of sulfone groups is 1. The van der Waals surface area contributed by atoms with Crippen LogP contribution in [0.3, 0.4) is 0 Å². The summed E-state index contributed by atoms with van der Waals surface area (Å²) in [7, 11) is -3.37. The van der Waals surface area contributed by atoms with Gasteiger partial charge in [0, 0.05) is 16.8 Å². The lowest BCUT2D eigenvalue weighted by molar-refractivity contribution is 0.154. The molecule has 0 aromatic heterocycles. The average Bonchev–Trinajstić information content (AvgIpc) is 2.82. The maximum atomic E-state index is 13.0. The third kappa shape index (κ3) is 7.21. The van der Waals surface area contributed by atoms with Gasteiger partial charge in [0.25, 0.3) is 0 Å². The highest BCUT2D eigenvalue weighted by atomic mass is 35.5. The second kappa shape index (κ2) is 12.2. The number of halogens is 1. The fourth-order valence-corrected chi connectivity index (χ4v) is 7.00. The Balaban J connectivity index is 1.54. The second-order valence-electron chi connectivity index (χ2n) is 9.50. The molecule has 1 atom stereocenters. The van der Waals surface area contributed by atoms with E-state index in [9.17, 15) is 13.2 Å². The number of nitrogens with one attached hydrogen (secondary N) is 2. The molecule has 8 heteroatoms. The zero-order valence-electron chi connectivity index (χ0n) is 21.2. The summed E-state index contributed by atoms with van der Waals surface area (Å²) in [6, 6.07) is 12.0. The molecule has 1 aliphatic carbocycles. The molecule has 1 aliphatic rings. The van der Waals surface area contributed by atoms with Gasteiger partial charge in [0.1, 0.15) is 0 Å². The zero-order valence-corrected chi connectivity index (χ0v) is 22.8. The fourth-order valence-electron chi connectivity index (χ4n) is 5.01. The number of aryl methyl sites for hydroxylation is 1. The van der Waals surface area contributed by atoms with Gasteiger partial charge in [-0.25, -0.2) is 13.2 Å². The summed E-state index contributed by atoms with van der Waals surface area (Å²) in [6.07, 6.45) is 4.02. The van der Waals surface area contributed by atoms with Crippen molar-refractivity contribution < 1.29 is 13.2 Å². The molecule has 0 radical (unpaired) electrons. The van der Waals surface area contributed by atoms with Crippen molar-refractivity contribution in [2.24, 2.45) is 5.92 Å². The van der Waals surface area contributed by atoms with Crippen LogP contribution in [0.25, 0.3) is 0 Å². The Bertz CT molecular complexity index is 1090. The minimum Gasteiger partial charge on any atom is -0.331 e. The van der Waals surface area contributed by atoms with Crippen LogP contribution in [0.1, 0.15) is 63.6 Å². The van der Waals surface area contributed by atoms with Crippen LogP contribution in [0, 0.1) is 12.8 Å². The third-order valence-electron chi connectivity index (χ3n) is 7.11. The first-order chi connectivity index (χ1) is 16.6. The maximum absolute atomic E-state index is 13.0. The summed E-state index contributed by atoms with van der Waals surface area (Å²) in [4.78, 5) is 15.2. The number of amides is 2. The van der Waals surface area contributed by atoms with Crippen LogP contribution in [-0.2, 0) is 9.84 Å². The van der Waals surface area contributed by atoms with E-state index in [0.29, 0.717) is 21.6 Å². The number of carbonyl (C=O) groups excluding carboxylic acids is 1. The van der Waals surface area contributed by atoms with Gasteiger partial charge in [-0.3, -0.25) is 0 Å². The van der Waals surface area contributed by atoms with E-state index in [1.54, 1.807) is 24.3 Å². The number of benzene rings is 2. The van der Waals surface area contributed by atoms with E-state index in [-0.39, 0.29) is 23.7 Å². The summed E-state index contributed by atoms with van der Waals surface area (Å²) in [5.41, 5.74) is 2.32. The molecule has 0 bridgehead atoms. The van der Waals surface area contributed by atoms with E-state index in [4.69, 9.17) is 11.6 Å². The Morgan fingerprint density at radius 2 is 1.69 bits per heavy atom. The van der Waals surface area contributed by atoms with Crippen LogP contribution in [0.5, 0.6) is 0 Å². The molecule has 2 aromatic carbocycles. The summed E-state index contributed by atoms with van der Waals surface area (Å²) < 4.78 is 26.0. The van der Waals surface area contributed by atoms with Crippen molar-refractivity contribution in [3.63, 3.8) is 0 Å². The van der Waals surface area contributed by atoms with Gasteiger partial charge in [-0.2, -0.15) is 0 Å². The highest BCUT2D eigenvalue weighted by molar-refractivity contribution is 7.91. The van der Waals surface area contributed by atoms with Gasteiger partial charge in [-0.1, -0.05) is 43.6 Å². The zero-order chi connectivity index (χ0) is 25.6. The Kier molecular flexibility index (Phi) is 9.62. The van der Waals surface area contributed by atoms with Crippen molar-refractivity contribution in [2.75, 3.05) is 24.2 Å². The van der Waals surface area contributed by atoms with Crippen LogP contribution in [-0.4, -0.2) is 44.2 Å². The molecule has 2 aromatic rings. The molecule has 6 nitrogen and oxygen atoms in total. The molecule has 0 aliphatic heterocycles. The summed E-state index contributed by atoms with van der Waals surface area (Å²) in [5.74, 6) is 0.380. The summed E-state index contributed by atoms with van der Waals surface area (Å²) >= 11 is 6.37. The van der Waals surface area contributed by atoms with Gasteiger partial charge in [0.15, 0.2) is 9.84 Å². The van der Waals surface area contributed by atoms with Gasteiger partial charge in [-0.15, -0.1) is 0 Å². The number of anilines is 1. The van der Waals surface area contributed by atoms with Gasteiger partial charge in [0.2, 0.25) is 0 Å². The number of rotatable bonds is 9. The van der Waals surface area contributed by atoms with Crippen molar-refractivity contribution in [3.05, 3.63) is 58.6 Å². The van der Waals surface area contributed by atoms with Crippen LogP contribution < -0.4 is 10.6 Å². The number of urea groups is 1. The Labute approximate surface area is 215 Å². The predicted molar refractivity (Wildman–Crippen MR) is 144 cm³/mol. The molecule has 192 valence electrons. The molecule has 0 heterocycles. The highest BCUT2D eigenvalue weighted by Crippen LogP contribution is 2.30. The fraction of sp³-hybridized carbons (Fsp3) is 0.519. The standard InChI is InChI=1S/C27H38ClN3O3S/c1-5-31(6-2)23-14-10-21(11-15-23)18-35(33,34)24-16-12-22(13-17-24)30-27(32)29-20(4)25-9-7-8-19(3)26(25)28/h7-9,12-13,16-17,20-21,23H,5-6,10-11,14-15,18H2,1-4H3,(H2,29,30,32). The van der Waals surface area contributed by atoms with Crippen molar-refractivity contribution in [1.29, 1.82) is 0 Å². The minimum absolute atomic E-state index is 0.181. The van der Waals surface area contributed by atoms with E-state index in [1.165, 1.54) is 0 Å². The van der Waals surface area contributed by atoms with Crippen LogP contribution in [0.4, 0.5) is 10.5 Å². The van der Waals surface area contributed by atoms with Gasteiger partial charge < -0.3 is 15.5 Å². The highest BCUT2D eigenvalue weighted by Gasteiger charge is 2.28. The largest absolute Gasteiger partial charge is 0.331 e. The Morgan fingerprint density at radius 1 is 1.06 bits per heavy atom. The van der Waals surface area contributed by atoms with Crippen molar-refractivity contribution in [2.45, 2.75) is 70.4 Å². The van der Waals surface area contributed by atoms with E-state index >= 15 is 0 Å². The molecule has 1 fully saturated rings. The Hall–Kier alpha value is -2.09. The van der Waals surface area contributed by atoms with Gasteiger partial charge in [0.05, 0.1) is 16.7 Å². The predicted octanol–water partition coefficient (Wildman–Crippen LogP) is 6.21. The van der Waals surface area contributed by atoms with Crippen LogP contribution in [0.15, 0.2) is 47.4 Å². The summed E-state index contributed by atoms with van der Waals surface area (Å²) in [5, 5.41) is 6.28. The van der Waals surface area contributed by atoms with Crippen LogP contribution in [0.2, 0.25) is 5.02 Å². The molecule has 0 spiro atoms. The van der Waals surface area contributed by atoms with Crippen molar-refractivity contribution in [1.82, 2.24) is 10.2 Å². The van der Waals surface area contributed by atoms with Gasteiger partial charge in [-0.05, 0) is 93.9 Å². The number of carbonyl (C=O) groups is 1. The molecular formula is C27H38ClN3O3S. The normalized spacial score (nSPS) is 19.4. The van der Waals surface area contributed by atoms with Crippen molar-refractivity contribution >= 4 is 33.2 Å². The van der Waals surface area contributed by atoms with Crippen molar-refractivity contribution in [3.8, 4) is 0 Å². The first kappa shape index (κ1) is 27.5. The average molecular weight is 520 g/mol. The third-order valence-corrected chi connectivity index (χ3v) is 9.52. The minimum atomic E-state index is -3.37. The molecule has 0 saturated heterocycles. The number of hydrogen-bond donors (Lipinski definition) is 2. The summed E-state index contributed by atoms with van der Waals surface area (Å²) in [6.45, 7) is 10.2. The first-order valence-corrected chi connectivity index (χ1v) is 14.6. The monoisotopic (exact) mass is 519 g/mol. The number of nitrogens with zero attached hydrogens (tertiary/aromatic N) is 1. The first-order valence-electron chi connectivity index (χ1n) is 12.5. The Morgan fingerprint density at radius 3 is 2.29 bits per heavy atom. The number of hydrogen-bond acceptors (Lipinski definition) is 4. The van der Waals surface area contributed by atoms with Crippen LogP contribution >= 0.6 is 11.6 Å². The smallest absolute Gasteiger partial charge is 0.319 e. The van der Waals surface area contributed by atoms with E-state index in [0.717, 1.165) is 49.9 Å². The lowest BCUT2D eigenvalue weighted by Crippen LogP contribution is -2.38. The van der Waals surface area contributed by atoms with E-state index < -0.39 is 9.84 Å². The molecular weight excluding hydrogens is 482 g/mol. The van der Waals surface area contributed by atoms with E-state index in [2.05, 4.69) is 29.4 Å². The quantitative estimate of drug-likeness (QED) is 0.413. The molecule has 1 saturated carbocycles. The second-order valence-corrected chi connectivity index (χ2v) is 11.9. The topological polar surface area (TPSA) is 78.5 Å². The molecule has 1 unspecified atom stereocenters. The molecule has 2 amide bonds. The SMILES string of the molecule is CCN(CC)C1CCC(CS(=O)(=O)c2ccc(NC(=O)NC(C)c3cccc(C)c3Cl)cc2)CC1. The lowest BCUT2D eigenvalue weighted by atomic mass is 9.86. The maximum Gasteiger partial charge on any atom is 0.319 e. The van der Waals surface area contributed by atoms with E-state index in [1.807, 2.05) is 32.0 Å². The molecule has 35 heavy (non-hydrogen) atoms. The molecule has 2 N–H and O–H groups in total.